The number of hydrogen-bond donors (Lipinski definition) is 1. The van der Waals surface area contributed by atoms with Gasteiger partial charge in [-0.05, 0) is 36.6 Å². The van der Waals surface area contributed by atoms with Crippen LogP contribution in [-0.4, -0.2) is 13.2 Å². The van der Waals surface area contributed by atoms with Gasteiger partial charge in [0.2, 0.25) is 0 Å². The molecule has 164 valence electrons. The summed E-state index contributed by atoms with van der Waals surface area (Å²) in [4.78, 5) is 0. The van der Waals surface area contributed by atoms with E-state index in [0.717, 1.165) is 48.5 Å². The molecular formula is C24H30F3NO2. The minimum atomic E-state index is -1.44. The van der Waals surface area contributed by atoms with Gasteiger partial charge in [0.15, 0.2) is 17.5 Å². The summed E-state index contributed by atoms with van der Waals surface area (Å²) in [6.45, 7) is 2.43. The van der Waals surface area contributed by atoms with Crippen LogP contribution < -0.4 is 14.8 Å². The minimum Gasteiger partial charge on any atom is -0.497 e. The second-order valence-electron chi connectivity index (χ2n) is 7.89. The standard InChI is InChI=1S/C24H30F3NO2/c1-3-4-5-6-7-8-18-13-22(19-10-9-17(29-2)14-23(19)30-18)28-15-16-11-20(25)24(27)21(26)12-16/h9-12,14,18,22,28H,3-8,13,15H2,1-2H3. The quantitative estimate of drug-likeness (QED) is 0.353. The van der Waals surface area contributed by atoms with Gasteiger partial charge in [-0.3, -0.25) is 0 Å². The van der Waals surface area contributed by atoms with E-state index >= 15 is 0 Å². The van der Waals surface area contributed by atoms with Gasteiger partial charge in [0.05, 0.1) is 7.11 Å². The maximum atomic E-state index is 13.5. The lowest BCUT2D eigenvalue weighted by atomic mass is 9.93. The van der Waals surface area contributed by atoms with E-state index in [0.29, 0.717) is 5.56 Å². The van der Waals surface area contributed by atoms with Gasteiger partial charge in [-0.1, -0.05) is 38.7 Å². The number of rotatable bonds is 10. The van der Waals surface area contributed by atoms with Gasteiger partial charge in [-0.15, -0.1) is 0 Å². The normalized spacial score (nSPS) is 18.0. The molecular weight excluding hydrogens is 391 g/mol. The molecule has 1 aliphatic rings. The van der Waals surface area contributed by atoms with Crippen LogP contribution in [0.4, 0.5) is 13.2 Å². The highest BCUT2D eigenvalue weighted by molar-refractivity contribution is 5.44. The predicted octanol–water partition coefficient (Wildman–Crippen LogP) is 6.46. The molecule has 0 amide bonds. The molecule has 2 aromatic carbocycles. The number of fused-ring (bicyclic) bond motifs is 1. The van der Waals surface area contributed by atoms with Crippen molar-refractivity contribution in [1.82, 2.24) is 5.32 Å². The lowest BCUT2D eigenvalue weighted by Gasteiger charge is -2.33. The Bertz CT molecular complexity index is 820. The van der Waals surface area contributed by atoms with E-state index in [-0.39, 0.29) is 18.7 Å². The Hall–Kier alpha value is -2.21. The van der Waals surface area contributed by atoms with Crippen molar-refractivity contribution < 1.29 is 22.6 Å². The first-order valence-electron chi connectivity index (χ1n) is 10.7. The molecule has 0 saturated carbocycles. The van der Waals surface area contributed by atoms with E-state index in [1.807, 2.05) is 18.2 Å². The van der Waals surface area contributed by atoms with Gasteiger partial charge >= 0.3 is 0 Å². The lowest BCUT2D eigenvalue weighted by molar-refractivity contribution is 0.137. The fourth-order valence-electron chi connectivity index (χ4n) is 3.95. The molecule has 3 rings (SSSR count). The van der Waals surface area contributed by atoms with Gasteiger partial charge in [0.25, 0.3) is 0 Å². The average Bonchev–Trinajstić information content (AvgIpc) is 2.75. The first-order chi connectivity index (χ1) is 14.5. The maximum Gasteiger partial charge on any atom is 0.194 e. The lowest BCUT2D eigenvalue weighted by Crippen LogP contribution is -2.33. The Balaban J connectivity index is 1.70. The summed E-state index contributed by atoms with van der Waals surface area (Å²) in [5.41, 5.74) is 1.35. The third-order valence-corrected chi connectivity index (χ3v) is 5.61. The Morgan fingerprint density at radius 2 is 1.77 bits per heavy atom. The highest BCUT2D eigenvalue weighted by Crippen LogP contribution is 2.38. The Morgan fingerprint density at radius 1 is 1.03 bits per heavy atom. The Labute approximate surface area is 176 Å². The summed E-state index contributed by atoms with van der Waals surface area (Å²) >= 11 is 0. The summed E-state index contributed by atoms with van der Waals surface area (Å²) in [7, 11) is 1.61. The van der Waals surface area contributed by atoms with Crippen LogP contribution >= 0.6 is 0 Å². The summed E-state index contributed by atoms with van der Waals surface area (Å²) < 4.78 is 51.9. The second-order valence-corrected chi connectivity index (χ2v) is 7.89. The summed E-state index contributed by atoms with van der Waals surface area (Å²) in [5, 5.41) is 3.37. The van der Waals surface area contributed by atoms with Crippen molar-refractivity contribution in [1.29, 1.82) is 0 Å². The molecule has 0 saturated heterocycles. The number of unbranched alkanes of at least 4 members (excludes halogenated alkanes) is 4. The number of ether oxygens (including phenoxy) is 2. The predicted molar refractivity (Wildman–Crippen MR) is 111 cm³/mol. The zero-order valence-corrected chi connectivity index (χ0v) is 17.6. The van der Waals surface area contributed by atoms with Crippen LogP contribution in [0.1, 0.15) is 69.0 Å². The molecule has 1 heterocycles. The van der Waals surface area contributed by atoms with E-state index < -0.39 is 17.5 Å². The van der Waals surface area contributed by atoms with Gasteiger partial charge in [0, 0.05) is 30.6 Å². The van der Waals surface area contributed by atoms with Crippen LogP contribution in [0.2, 0.25) is 0 Å². The summed E-state index contributed by atoms with van der Waals surface area (Å²) in [6, 6.07) is 7.74. The van der Waals surface area contributed by atoms with Crippen molar-refractivity contribution in [3.8, 4) is 11.5 Å². The van der Waals surface area contributed by atoms with Crippen LogP contribution in [0.15, 0.2) is 30.3 Å². The minimum absolute atomic E-state index is 0.0310. The topological polar surface area (TPSA) is 30.5 Å². The van der Waals surface area contributed by atoms with Crippen LogP contribution in [0, 0.1) is 17.5 Å². The van der Waals surface area contributed by atoms with Gasteiger partial charge in [0.1, 0.15) is 17.6 Å². The molecule has 3 nitrogen and oxygen atoms in total. The highest BCUT2D eigenvalue weighted by atomic mass is 19.2. The monoisotopic (exact) mass is 421 g/mol. The highest BCUT2D eigenvalue weighted by Gasteiger charge is 2.28. The molecule has 6 heteroatoms. The number of benzene rings is 2. The largest absolute Gasteiger partial charge is 0.497 e. The fourth-order valence-corrected chi connectivity index (χ4v) is 3.95. The third kappa shape index (κ3) is 5.69. The van der Waals surface area contributed by atoms with Gasteiger partial charge < -0.3 is 14.8 Å². The molecule has 0 fully saturated rings. The molecule has 1 N–H and O–H groups in total. The number of nitrogens with one attached hydrogen (secondary N) is 1. The van der Waals surface area contributed by atoms with Crippen LogP contribution in [0.25, 0.3) is 0 Å². The van der Waals surface area contributed by atoms with Crippen molar-refractivity contribution in [2.75, 3.05) is 7.11 Å². The SMILES string of the molecule is CCCCCCCC1CC(NCc2cc(F)c(F)c(F)c2)c2ccc(OC)cc2O1. The van der Waals surface area contributed by atoms with Crippen molar-refractivity contribution in [3.05, 3.63) is 58.9 Å². The molecule has 2 unspecified atom stereocenters. The van der Waals surface area contributed by atoms with Crippen LogP contribution in [0.3, 0.4) is 0 Å². The van der Waals surface area contributed by atoms with E-state index in [1.54, 1.807) is 7.11 Å². The summed E-state index contributed by atoms with van der Waals surface area (Å²) in [5.74, 6) is -2.29. The van der Waals surface area contributed by atoms with Crippen molar-refractivity contribution in [2.45, 2.75) is 70.6 Å². The molecule has 0 aromatic heterocycles. The number of hydrogen-bond acceptors (Lipinski definition) is 3. The zero-order chi connectivity index (χ0) is 21.5. The fraction of sp³-hybridized carbons (Fsp3) is 0.500. The van der Waals surface area contributed by atoms with Crippen molar-refractivity contribution in [2.24, 2.45) is 0 Å². The summed E-state index contributed by atoms with van der Waals surface area (Å²) in [6.07, 6.45) is 7.76. The van der Waals surface area contributed by atoms with E-state index in [9.17, 15) is 13.2 Å². The molecule has 0 aliphatic carbocycles. The molecule has 2 aromatic rings. The van der Waals surface area contributed by atoms with Crippen LogP contribution in [0.5, 0.6) is 11.5 Å². The first kappa shape index (κ1) is 22.5. The average molecular weight is 422 g/mol. The van der Waals surface area contributed by atoms with E-state index in [4.69, 9.17) is 9.47 Å². The van der Waals surface area contributed by atoms with E-state index in [1.165, 1.54) is 25.7 Å². The Morgan fingerprint density at radius 3 is 2.47 bits per heavy atom. The van der Waals surface area contributed by atoms with Crippen molar-refractivity contribution in [3.63, 3.8) is 0 Å². The van der Waals surface area contributed by atoms with Crippen molar-refractivity contribution >= 4 is 0 Å². The smallest absolute Gasteiger partial charge is 0.194 e. The van der Waals surface area contributed by atoms with Gasteiger partial charge in [-0.25, -0.2) is 13.2 Å². The number of halogens is 3. The molecule has 1 aliphatic heterocycles. The number of methoxy groups -OCH3 is 1. The molecule has 0 bridgehead atoms. The molecule has 30 heavy (non-hydrogen) atoms. The first-order valence-corrected chi connectivity index (χ1v) is 10.7. The molecule has 0 spiro atoms. The third-order valence-electron chi connectivity index (χ3n) is 5.61. The molecule has 0 radical (unpaired) electrons. The molecule has 2 atom stereocenters. The van der Waals surface area contributed by atoms with Gasteiger partial charge in [-0.2, -0.15) is 0 Å². The maximum absolute atomic E-state index is 13.5. The Kier molecular flexibility index (Phi) is 8.02. The van der Waals surface area contributed by atoms with Crippen LogP contribution in [-0.2, 0) is 6.54 Å². The van der Waals surface area contributed by atoms with E-state index in [2.05, 4.69) is 12.2 Å². The second kappa shape index (κ2) is 10.7. The zero-order valence-electron chi connectivity index (χ0n) is 17.6.